The van der Waals surface area contributed by atoms with Crippen LogP contribution in [0.4, 0.5) is 5.82 Å². The van der Waals surface area contributed by atoms with Crippen molar-refractivity contribution in [3.8, 4) is 0 Å². The van der Waals surface area contributed by atoms with E-state index in [1.807, 2.05) is 0 Å². The molecule has 2 fully saturated rings. The average Bonchev–Trinajstić information content (AvgIpc) is 2.67. The lowest BCUT2D eigenvalue weighted by molar-refractivity contribution is -0.137. The van der Waals surface area contributed by atoms with Gasteiger partial charge in [-0.25, -0.2) is 4.98 Å². The number of aliphatic carboxylic acids is 1. The maximum absolute atomic E-state index is 11.2. The second-order valence-electron chi connectivity index (χ2n) is 8.41. The standard InChI is InChI=1S/C21H34N4O2/c1-16(2)18-5-4-6-20(22-18)25-10-9-19(17(15-25)7-8-21(26)27)24-13-11-23(3)12-14-24/h4-6,16-17,19H,7-15H2,1-3H3,(H,26,27)/t17-,19+/m1/s1. The second-order valence-corrected chi connectivity index (χ2v) is 8.41. The van der Waals surface area contributed by atoms with Crippen LogP contribution in [0.3, 0.4) is 0 Å². The molecule has 2 aliphatic rings. The number of hydrogen-bond acceptors (Lipinski definition) is 5. The molecule has 0 bridgehead atoms. The Labute approximate surface area is 163 Å². The van der Waals surface area contributed by atoms with Crippen LogP contribution in [0.2, 0.25) is 0 Å². The topological polar surface area (TPSA) is 59.9 Å². The first-order valence-corrected chi connectivity index (χ1v) is 10.3. The Morgan fingerprint density at radius 3 is 2.63 bits per heavy atom. The van der Waals surface area contributed by atoms with E-state index in [0.29, 0.717) is 17.9 Å². The van der Waals surface area contributed by atoms with Gasteiger partial charge in [0.1, 0.15) is 5.82 Å². The van der Waals surface area contributed by atoms with Gasteiger partial charge in [0.15, 0.2) is 0 Å². The van der Waals surface area contributed by atoms with Crippen LogP contribution in [-0.4, -0.2) is 78.2 Å². The van der Waals surface area contributed by atoms with Gasteiger partial charge in [-0.05, 0) is 43.9 Å². The number of carboxylic acid groups (broad SMARTS) is 1. The predicted molar refractivity (Wildman–Crippen MR) is 108 cm³/mol. The van der Waals surface area contributed by atoms with E-state index >= 15 is 0 Å². The van der Waals surface area contributed by atoms with Gasteiger partial charge in [-0.3, -0.25) is 9.69 Å². The summed E-state index contributed by atoms with van der Waals surface area (Å²) in [5.41, 5.74) is 1.12. The molecule has 1 N–H and O–H groups in total. The number of piperidine rings is 1. The molecule has 2 atom stereocenters. The number of likely N-dealkylation sites (N-methyl/N-ethyl adjacent to an activating group) is 1. The van der Waals surface area contributed by atoms with E-state index in [0.717, 1.165) is 63.6 Å². The summed E-state index contributed by atoms with van der Waals surface area (Å²) in [6.45, 7) is 10.6. The molecule has 0 spiro atoms. The van der Waals surface area contributed by atoms with Crippen molar-refractivity contribution in [2.75, 3.05) is 51.2 Å². The first kappa shape index (κ1) is 20.1. The molecular formula is C21H34N4O2. The minimum atomic E-state index is -0.691. The van der Waals surface area contributed by atoms with Gasteiger partial charge >= 0.3 is 5.97 Å². The molecule has 1 aromatic rings. The molecule has 0 amide bonds. The highest BCUT2D eigenvalue weighted by Crippen LogP contribution is 2.30. The third kappa shape index (κ3) is 5.20. The molecule has 27 heavy (non-hydrogen) atoms. The van der Waals surface area contributed by atoms with Crippen LogP contribution in [0, 0.1) is 5.92 Å². The number of hydrogen-bond donors (Lipinski definition) is 1. The van der Waals surface area contributed by atoms with Gasteiger partial charge in [0, 0.05) is 57.4 Å². The smallest absolute Gasteiger partial charge is 0.303 e. The summed E-state index contributed by atoms with van der Waals surface area (Å²) in [5.74, 6) is 1.14. The Hall–Kier alpha value is -1.66. The monoisotopic (exact) mass is 374 g/mol. The number of piperazine rings is 1. The number of anilines is 1. The number of pyridine rings is 1. The highest BCUT2D eigenvalue weighted by Gasteiger charge is 2.35. The van der Waals surface area contributed by atoms with Gasteiger partial charge in [0.2, 0.25) is 0 Å². The number of aromatic nitrogens is 1. The predicted octanol–water partition coefficient (Wildman–Crippen LogP) is 2.51. The van der Waals surface area contributed by atoms with Crippen LogP contribution in [0.5, 0.6) is 0 Å². The van der Waals surface area contributed by atoms with Crippen LogP contribution >= 0.6 is 0 Å². The molecule has 150 valence electrons. The number of carboxylic acids is 1. The molecular weight excluding hydrogens is 340 g/mol. The van der Waals surface area contributed by atoms with Crippen LogP contribution < -0.4 is 4.90 Å². The van der Waals surface area contributed by atoms with Gasteiger partial charge in [-0.15, -0.1) is 0 Å². The first-order chi connectivity index (χ1) is 12.9. The molecule has 6 nitrogen and oxygen atoms in total. The molecule has 2 aliphatic heterocycles. The largest absolute Gasteiger partial charge is 0.481 e. The van der Waals surface area contributed by atoms with Crippen molar-refractivity contribution in [2.24, 2.45) is 5.92 Å². The minimum absolute atomic E-state index is 0.252. The number of nitrogens with zero attached hydrogens (tertiary/aromatic N) is 4. The van der Waals surface area contributed by atoms with Crippen molar-refractivity contribution in [1.29, 1.82) is 0 Å². The summed E-state index contributed by atoms with van der Waals surface area (Å²) in [5, 5.41) is 9.21. The number of carbonyl (C=O) groups is 1. The Kier molecular flexibility index (Phi) is 6.71. The molecule has 0 saturated carbocycles. The molecule has 3 rings (SSSR count). The van der Waals surface area contributed by atoms with Gasteiger partial charge in [0.25, 0.3) is 0 Å². The quantitative estimate of drug-likeness (QED) is 0.826. The SMILES string of the molecule is CC(C)c1cccc(N2CC[C@H](N3CCN(C)CC3)[C@H](CCC(=O)O)C2)n1. The Balaban J connectivity index is 1.72. The molecule has 0 radical (unpaired) electrons. The van der Waals surface area contributed by atoms with Gasteiger partial charge in [-0.2, -0.15) is 0 Å². The van der Waals surface area contributed by atoms with Crippen molar-refractivity contribution < 1.29 is 9.90 Å². The van der Waals surface area contributed by atoms with E-state index in [2.05, 4.69) is 53.8 Å². The van der Waals surface area contributed by atoms with Crippen LogP contribution in [0.1, 0.15) is 44.7 Å². The van der Waals surface area contributed by atoms with Crippen LogP contribution in [-0.2, 0) is 4.79 Å². The van der Waals surface area contributed by atoms with E-state index in [1.165, 1.54) is 0 Å². The third-order valence-electron chi connectivity index (χ3n) is 6.10. The van der Waals surface area contributed by atoms with E-state index in [1.54, 1.807) is 0 Å². The Bertz CT molecular complexity index is 628. The van der Waals surface area contributed by atoms with Crippen LogP contribution in [0.15, 0.2) is 18.2 Å². The highest BCUT2D eigenvalue weighted by atomic mass is 16.4. The molecule has 0 unspecified atom stereocenters. The van der Waals surface area contributed by atoms with Crippen molar-refractivity contribution >= 4 is 11.8 Å². The van der Waals surface area contributed by atoms with E-state index in [-0.39, 0.29) is 6.42 Å². The minimum Gasteiger partial charge on any atom is -0.481 e. The van der Waals surface area contributed by atoms with E-state index in [4.69, 9.17) is 4.98 Å². The van der Waals surface area contributed by atoms with Gasteiger partial charge in [0.05, 0.1) is 0 Å². The Morgan fingerprint density at radius 1 is 1.22 bits per heavy atom. The zero-order valence-corrected chi connectivity index (χ0v) is 17.0. The molecule has 2 saturated heterocycles. The molecule has 1 aromatic heterocycles. The first-order valence-electron chi connectivity index (χ1n) is 10.3. The zero-order valence-electron chi connectivity index (χ0n) is 17.0. The lowest BCUT2D eigenvalue weighted by atomic mass is 9.86. The van der Waals surface area contributed by atoms with Crippen molar-refractivity contribution in [3.63, 3.8) is 0 Å². The maximum Gasteiger partial charge on any atom is 0.303 e. The molecule has 6 heteroatoms. The lowest BCUT2D eigenvalue weighted by Gasteiger charge is -2.46. The third-order valence-corrected chi connectivity index (χ3v) is 6.10. The highest BCUT2D eigenvalue weighted by molar-refractivity contribution is 5.66. The summed E-state index contributed by atoms with van der Waals surface area (Å²) in [4.78, 5) is 23.4. The summed E-state index contributed by atoms with van der Waals surface area (Å²) >= 11 is 0. The summed E-state index contributed by atoms with van der Waals surface area (Å²) in [6, 6.07) is 6.77. The fourth-order valence-electron chi connectivity index (χ4n) is 4.39. The van der Waals surface area contributed by atoms with Gasteiger partial charge in [-0.1, -0.05) is 19.9 Å². The second kappa shape index (κ2) is 9.02. The van der Waals surface area contributed by atoms with E-state index in [9.17, 15) is 9.90 Å². The van der Waals surface area contributed by atoms with Gasteiger partial charge < -0.3 is 14.9 Å². The van der Waals surface area contributed by atoms with Crippen molar-refractivity contribution in [3.05, 3.63) is 23.9 Å². The fourth-order valence-corrected chi connectivity index (χ4v) is 4.39. The average molecular weight is 375 g/mol. The fraction of sp³-hybridized carbons (Fsp3) is 0.714. The normalized spacial score (nSPS) is 25.1. The Morgan fingerprint density at radius 2 is 1.96 bits per heavy atom. The summed E-state index contributed by atoms with van der Waals surface area (Å²) < 4.78 is 0. The van der Waals surface area contributed by atoms with Crippen molar-refractivity contribution in [1.82, 2.24) is 14.8 Å². The number of rotatable bonds is 6. The maximum atomic E-state index is 11.2. The van der Waals surface area contributed by atoms with Crippen LogP contribution in [0.25, 0.3) is 0 Å². The molecule has 0 aromatic carbocycles. The zero-order chi connectivity index (χ0) is 19.4. The summed E-state index contributed by atoms with van der Waals surface area (Å²) in [6.07, 6.45) is 2.08. The van der Waals surface area contributed by atoms with E-state index < -0.39 is 5.97 Å². The molecule has 3 heterocycles. The summed E-state index contributed by atoms with van der Waals surface area (Å²) in [7, 11) is 2.18. The van der Waals surface area contributed by atoms with Crippen molar-refractivity contribution in [2.45, 2.75) is 45.1 Å². The lowest BCUT2D eigenvalue weighted by Crippen LogP contribution is -2.56. The molecule has 0 aliphatic carbocycles.